The van der Waals surface area contributed by atoms with Gasteiger partial charge in [0.05, 0.1) is 0 Å². The van der Waals surface area contributed by atoms with Crippen LogP contribution in [0.1, 0.15) is 57.6 Å². The minimum atomic E-state index is -1.89. The summed E-state index contributed by atoms with van der Waals surface area (Å²) in [6, 6.07) is 3.11. The summed E-state index contributed by atoms with van der Waals surface area (Å²) in [7, 11) is 0. The van der Waals surface area contributed by atoms with Crippen molar-refractivity contribution in [2.45, 2.75) is 70.8 Å². The van der Waals surface area contributed by atoms with Crippen LogP contribution in [0.4, 0.5) is 4.39 Å². The lowest BCUT2D eigenvalue weighted by Crippen LogP contribution is -2.58. The smallest absolute Gasteiger partial charge is 0.258 e. The largest absolute Gasteiger partial charge is 0.508 e. The van der Waals surface area contributed by atoms with E-state index >= 15 is 0 Å². The quantitative estimate of drug-likeness (QED) is 0.586. The zero-order valence-corrected chi connectivity index (χ0v) is 18.7. The molecule has 0 spiro atoms. The van der Waals surface area contributed by atoms with Gasteiger partial charge in [-0.25, -0.2) is 4.39 Å². The van der Waals surface area contributed by atoms with Crippen LogP contribution in [0, 0.1) is 17.8 Å². The standard InChI is InChI=1S/C24H30FN3O4/c1-5-15-8-9-16(18(29)13-15)14-26-20(30)17-7-6-12-28(17)21(31)19(23(2,3)4)27-22(32)24(25)10-11-24/h1,8-9,13,17,19,29H,6-7,10-12,14H2,2-4H3,(H,26,30)(H,27,32). The second kappa shape index (κ2) is 8.81. The molecule has 3 amide bonds. The first-order valence-electron chi connectivity index (χ1n) is 10.8. The van der Waals surface area contributed by atoms with E-state index in [1.807, 2.05) is 0 Å². The molecule has 1 aromatic carbocycles. The zero-order valence-electron chi connectivity index (χ0n) is 18.7. The molecule has 2 aliphatic rings. The molecule has 2 fully saturated rings. The minimum absolute atomic E-state index is 0.0177. The van der Waals surface area contributed by atoms with Crippen molar-refractivity contribution < 1.29 is 23.9 Å². The highest BCUT2D eigenvalue weighted by molar-refractivity contribution is 5.95. The molecule has 0 aromatic heterocycles. The molecular weight excluding hydrogens is 413 g/mol. The number of nitrogens with one attached hydrogen (secondary N) is 2. The Morgan fingerprint density at radius 2 is 2.03 bits per heavy atom. The van der Waals surface area contributed by atoms with Gasteiger partial charge in [0.1, 0.15) is 17.8 Å². The van der Waals surface area contributed by atoms with Crippen LogP contribution in [0.2, 0.25) is 0 Å². The highest BCUT2D eigenvalue weighted by atomic mass is 19.1. The van der Waals surface area contributed by atoms with Gasteiger partial charge in [-0.3, -0.25) is 14.4 Å². The van der Waals surface area contributed by atoms with Crippen LogP contribution in [0.5, 0.6) is 5.75 Å². The third-order valence-electron chi connectivity index (χ3n) is 6.03. The maximum atomic E-state index is 14.2. The summed E-state index contributed by atoms with van der Waals surface area (Å²) < 4.78 is 14.2. The predicted octanol–water partition coefficient (Wildman–Crippen LogP) is 2.01. The summed E-state index contributed by atoms with van der Waals surface area (Å²) >= 11 is 0. The number of benzene rings is 1. The van der Waals surface area contributed by atoms with E-state index in [1.54, 1.807) is 32.9 Å². The van der Waals surface area contributed by atoms with Gasteiger partial charge in [0.25, 0.3) is 5.91 Å². The number of rotatable bonds is 6. The molecule has 0 bridgehead atoms. The van der Waals surface area contributed by atoms with E-state index in [-0.39, 0.29) is 31.0 Å². The number of nitrogens with zero attached hydrogens (tertiary/aromatic N) is 1. The van der Waals surface area contributed by atoms with Crippen LogP contribution >= 0.6 is 0 Å². The molecule has 172 valence electrons. The first-order chi connectivity index (χ1) is 15.0. The second-order valence-corrected chi connectivity index (χ2v) is 9.63. The Morgan fingerprint density at radius 1 is 1.34 bits per heavy atom. The van der Waals surface area contributed by atoms with Gasteiger partial charge in [-0.2, -0.15) is 0 Å². The van der Waals surface area contributed by atoms with Gasteiger partial charge in [-0.05, 0) is 43.2 Å². The summed E-state index contributed by atoms with van der Waals surface area (Å²) in [6.07, 6.45) is 6.76. The maximum absolute atomic E-state index is 14.2. The van der Waals surface area contributed by atoms with Gasteiger partial charge in [0.2, 0.25) is 11.8 Å². The summed E-state index contributed by atoms with van der Waals surface area (Å²) in [5.41, 5.74) is -1.51. The zero-order chi connectivity index (χ0) is 23.7. The Balaban J connectivity index is 1.68. The fraction of sp³-hybridized carbons (Fsp3) is 0.542. The summed E-state index contributed by atoms with van der Waals surface area (Å²) in [5, 5.41) is 15.4. The lowest BCUT2D eigenvalue weighted by Gasteiger charge is -2.35. The number of terminal acetylenes is 1. The van der Waals surface area contributed by atoms with E-state index in [0.717, 1.165) is 0 Å². The van der Waals surface area contributed by atoms with Gasteiger partial charge >= 0.3 is 0 Å². The van der Waals surface area contributed by atoms with Crippen LogP contribution in [-0.4, -0.2) is 52.0 Å². The number of hydrogen-bond acceptors (Lipinski definition) is 4. The molecule has 32 heavy (non-hydrogen) atoms. The molecule has 1 aliphatic carbocycles. The van der Waals surface area contributed by atoms with Gasteiger partial charge in [-0.1, -0.05) is 32.8 Å². The normalized spacial score (nSPS) is 20.2. The molecule has 0 radical (unpaired) electrons. The maximum Gasteiger partial charge on any atom is 0.258 e. The highest BCUT2D eigenvalue weighted by Crippen LogP contribution is 2.40. The Hall–Kier alpha value is -3.08. The van der Waals surface area contributed by atoms with Gasteiger partial charge in [0, 0.05) is 24.2 Å². The number of carbonyl (C=O) groups is 3. The molecule has 3 N–H and O–H groups in total. The molecule has 2 unspecified atom stereocenters. The molecule has 7 nitrogen and oxygen atoms in total. The van der Waals surface area contributed by atoms with Crippen LogP contribution < -0.4 is 10.6 Å². The molecule has 3 rings (SSSR count). The van der Waals surface area contributed by atoms with E-state index in [1.165, 1.54) is 11.0 Å². The molecule has 1 heterocycles. The fourth-order valence-corrected chi connectivity index (χ4v) is 3.82. The van der Waals surface area contributed by atoms with Crippen molar-refractivity contribution in [3.63, 3.8) is 0 Å². The number of halogens is 1. The van der Waals surface area contributed by atoms with Crippen molar-refractivity contribution in [2.24, 2.45) is 5.41 Å². The van der Waals surface area contributed by atoms with E-state index in [4.69, 9.17) is 6.42 Å². The van der Waals surface area contributed by atoms with Gasteiger partial charge in [0.15, 0.2) is 5.67 Å². The highest BCUT2D eigenvalue weighted by Gasteiger charge is 2.53. The molecule has 1 saturated heterocycles. The number of likely N-dealkylation sites (tertiary alicyclic amines) is 1. The minimum Gasteiger partial charge on any atom is -0.508 e. The first kappa shape index (κ1) is 23.6. The third kappa shape index (κ3) is 5.04. The fourth-order valence-electron chi connectivity index (χ4n) is 3.82. The van der Waals surface area contributed by atoms with Crippen molar-refractivity contribution in [3.05, 3.63) is 29.3 Å². The Labute approximate surface area is 187 Å². The van der Waals surface area contributed by atoms with Crippen molar-refractivity contribution in [2.75, 3.05) is 6.54 Å². The van der Waals surface area contributed by atoms with E-state index in [2.05, 4.69) is 16.6 Å². The Morgan fingerprint density at radius 3 is 2.59 bits per heavy atom. The number of phenolic OH excluding ortho intramolecular Hbond substituents is 1. The lowest BCUT2D eigenvalue weighted by molar-refractivity contribution is -0.144. The number of amides is 3. The van der Waals surface area contributed by atoms with Crippen LogP contribution in [0.25, 0.3) is 0 Å². The summed E-state index contributed by atoms with van der Waals surface area (Å²) in [6.45, 7) is 5.84. The van der Waals surface area contributed by atoms with E-state index in [9.17, 15) is 23.9 Å². The first-order valence-corrected chi connectivity index (χ1v) is 10.8. The number of hydrogen-bond donors (Lipinski definition) is 3. The molecule has 8 heteroatoms. The number of alkyl halides is 1. The van der Waals surface area contributed by atoms with Gasteiger partial charge < -0.3 is 20.6 Å². The average molecular weight is 444 g/mol. The predicted molar refractivity (Wildman–Crippen MR) is 117 cm³/mol. The Kier molecular flexibility index (Phi) is 6.49. The number of carbonyl (C=O) groups excluding carboxylic acids is 3. The topological polar surface area (TPSA) is 98.7 Å². The molecular formula is C24H30FN3O4. The van der Waals surface area contributed by atoms with Gasteiger partial charge in [-0.15, -0.1) is 6.42 Å². The van der Waals surface area contributed by atoms with E-state index in [0.29, 0.717) is 30.5 Å². The lowest BCUT2D eigenvalue weighted by atomic mass is 9.85. The van der Waals surface area contributed by atoms with Crippen LogP contribution in [0.3, 0.4) is 0 Å². The Bertz CT molecular complexity index is 959. The van der Waals surface area contributed by atoms with Crippen molar-refractivity contribution in [1.29, 1.82) is 0 Å². The monoisotopic (exact) mass is 443 g/mol. The average Bonchev–Trinajstić information content (AvgIpc) is 3.29. The number of phenols is 1. The van der Waals surface area contributed by atoms with Crippen LogP contribution in [-0.2, 0) is 20.9 Å². The summed E-state index contributed by atoms with van der Waals surface area (Å²) in [5.74, 6) is 0.900. The van der Waals surface area contributed by atoms with Crippen molar-refractivity contribution in [1.82, 2.24) is 15.5 Å². The molecule has 1 aromatic rings. The third-order valence-corrected chi connectivity index (χ3v) is 6.03. The van der Waals surface area contributed by atoms with Crippen molar-refractivity contribution >= 4 is 17.7 Å². The molecule has 1 saturated carbocycles. The second-order valence-electron chi connectivity index (χ2n) is 9.63. The number of aromatic hydroxyl groups is 1. The molecule has 1 aliphatic heterocycles. The SMILES string of the molecule is C#Cc1ccc(CNC(=O)C2CCCN2C(=O)C(NC(=O)C2(F)CC2)C(C)(C)C)c(O)c1. The summed E-state index contributed by atoms with van der Waals surface area (Å²) in [4.78, 5) is 40.0. The van der Waals surface area contributed by atoms with E-state index < -0.39 is 35.0 Å². The van der Waals surface area contributed by atoms with Crippen molar-refractivity contribution in [3.8, 4) is 18.1 Å². The van der Waals surface area contributed by atoms with Crippen LogP contribution in [0.15, 0.2) is 18.2 Å². The molecule has 2 atom stereocenters.